The molecule has 0 saturated heterocycles. The Balaban J connectivity index is 2.14. The van der Waals surface area contributed by atoms with Crippen LogP contribution < -0.4 is 5.32 Å². The van der Waals surface area contributed by atoms with E-state index in [9.17, 15) is 0 Å². The Labute approximate surface area is 94.4 Å². The van der Waals surface area contributed by atoms with E-state index in [2.05, 4.69) is 29.1 Å². The summed E-state index contributed by atoms with van der Waals surface area (Å²) in [5.41, 5.74) is 2.11. The van der Waals surface area contributed by atoms with Gasteiger partial charge in [-0.05, 0) is 32.9 Å². The van der Waals surface area contributed by atoms with Crippen LogP contribution in [0.25, 0.3) is 0 Å². The molecule has 0 saturated carbocycles. The van der Waals surface area contributed by atoms with E-state index in [1.54, 1.807) is 18.0 Å². The fourth-order valence-corrected chi connectivity index (χ4v) is 2.43. The van der Waals surface area contributed by atoms with E-state index in [-0.39, 0.29) is 5.54 Å². The first-order valence-electron chi connectivity index (χ1n) is 4.98. The number of thioether (sulfide) groups is 1. The maximum Gasteiger partial charge on any atom is 0.161 e. The lowest BCUT2D eigenvalue weighted by atomic mass is 10.1. The summed E-state index contributed by atoms with van der Waals surface area (Å²) >= 11 is 1.76. The van der Waals surface area contributed by atoms with Crippen molar-refractivity contribution in [1.82, 2.24) is 4.98 Å². The molecule has 0 bridgehead atoms. The molecule has 1 N–H and O–H groups in total. The molecule has 0 unspecified atom stereocenters. The Morgan fingerprint density at radius 3 is 2.87 bits per heavy atom. The molecular formula is C11H15N3S. The molecule has 80 valence electrons. The van der Waals surface area contributed by atoms with Gasteiger partial charge in [0.25, 0.3) is 0 Å². The average molecular weight is 221 g/mol. The number of anilines is 1. The number of aryl methyl sites for hydroxylation is 1. The molecule has 0 atom stereocenters. The summed E-state index contributed by atoms with van der Waals surface area (Å²) in [5.74, 6) is 1.04. The topological polar surface area (TPSA) is 37.3 Å². The van der Waals surface area contributed by atoms with Crippen LogP contribution in [0.5, 0.6) is 0 Å². The molecule has 1 aliphatic rings. The number of nitrogens with one attached hydrogen (secondary N) is 1. The van der Waals surface area contributed by atoms with Crippen LogP contribution in [0.15, 0.2) is 23.3 Å². The van der Waals surface area contributed by atoms with Crippen molar-refractivity contribution < 1.29 is 0 Å². The summed E-state index contributed by atoms with van der Waals surface area (Å²) in [7, 11) is 0. The summed E-state index contributed by atoms with van der Waals surface area (Å²) in [6, 6.07) is 3.96. The first kappa shape index (κ1) is 10.5. The van der Waals surface area contributed by atoms with Crippen molar-refractivity contribution in [3.05, 3.63) is 24.0 Å². The van der Waals surface area contributed by atoms with Gasteiger partial charge in [0.15, 0.2) is 5.17 Å². The Morgan fingerprint density at radius 2 is 2.27 bits per heavy atom. The average Bonchev–Trinajstić information content (AvgIpc) is 2.50. The molecule has 1 aromatic rings. The van der Waals surface area contributed by atoms with E-state index in [1.807, 2.05) is 19.1 Å². The van der Waals surface area contributed by atoms with Gasteiger partial charge in [-0.1, -0.05) is 11.8 Å². The lowest BCUT2D eigenvalue weighted by Gasteiger charge is -2.09. The van der Waals surface area contributed by atoms with E-state index in [1.165, 1.54) is 0 Å². The standard InChI is InChI=1S/C11H15N3S/c1-8-9(5-4-6-12-8)13-10-14-11(2,3)7-15-10/h4-6H,7H2,1-3H3,(H,13,14). The maximum absolute atomic E-state index is 4.60. The summed E-state index contributed by atoms with van der Waals surface area (Å²) in [5, 5.41) is 4.31. The predicted molar refractivity (Wildman–Crippen MR) is 66.6 cm³/mol. The second-order valence-corrected chi connectivity index (χ2v) is 5.24. The number of nitrogens with zero attached hydrogens (tertiary/aromatic N) is 2. The van der Waals surface area contributed by atoms with Gasteiger partial charge >= 0.3 is 0 Å². The van der Waals surface area contributed by atoms with Gasteiger partial charge in [0, 0.05) is 11.9 Å². The maximum atomic E-state index is 4.60. The fraction of sp³-hybridized carbons (Fsp3) is 0.455. The Hall–Kier alpha value is -1.03. The van der Waals surface area contributed by atoms with Gasteiger partial charge in [0.1, 0.15) is 0 Å². The number of pyridine rings is 1. The van der Waals surface area contributed by atoms with Crippen molar-refractivity contribution in [2.45, 2.75) is 26.3 Å². The minimum absolute atomic E-state index is 0.0586. The van der Waals surface area contributed by atoms with Crippen LogP contribution in [-0.4, -0.2) is 21.4 Å². The summed E-state index contributed by atoms with van der Waals surface area (Å²) in [6.07, 6.45) is 1.80. The third-order valence-corrected chi connectivity index (χ3v) is 3.53. The van der Waals surface area contributed by atoms with Crippen molar-refractivity contribution >= 4 is 22.6 Å². The zero-order chi connectivity index (χ0) is 10.9. The lowest BCUT2D eigenvalue weighted by Crippen LogP contribution is -2.15. The van der Waals surface area contributed by atoms with Crippen molar-refractivity contribution in [2.75, 3.05) is 11.1 Å². The zero-order valence-electron chi connectivity index (χ0n) is 9.24. The quantitative estimate of drug-likeness (QED) is 0.792. The fourth-order valence-electron chi connectivity index (χ4n) is 1.38. The van der Waals surface area contributed by atoms with E-state index in [4.69, 9.17) is 0 Å². The van der Waals surface area contributed by atoms with Crippen LogP contribution in [0, 0.1) is 6.92 Å². The van der Waals surface area contributed by atoms with E-state index in [0.717, 1.165) is 22.3 Å². The monoisotopic (exact) mass is 221 g/mol. The van der Waals surface area contributed by atoms with Crippen LogP contribution in [0.1, 0.15) is 19.5 Å². The normalized spacial score (nSPS) is 18.7. The van der Waals surface area contributed by atoms with E-state index < -0.39 is 0 Å². The highest BCUT2D eigenvalue weighted by molar-refractivity contribution is 8.14. The number of amidine groups is 1. The minimum Gasteiger partial charge on any atom is -0.333 e. The number of aromatic nitrogens is 1. The second kappa shape index (κ2) is 3.85. The van der Waals surface area contributed by atoms with Crippen molar-refractivity contribution in [2.24, 2.45) is 4.99 Å². The van der Waals surface area contributed by atoms with Crippen LogP contribution >= 0.6 is 11.8 Å². The molecule has 1 aliphatic heterocycles. The van der Waals surface area contributed by atoms with Crippen molar-refractivity contribution in [3.63, 3.8) is 0 Å². The number of rotatable bonds is 1. The first-order valence-corrected chi connectivity index (χ1v) is 5.97. The molecule has 0 aliphatic carbocycles. The molecule has 0 radical (unpaired) electrons. The van der Waals surface area contributed by atoms with Gasteiger partial charge in [-0.15, -0.1) is 0 Å². The molecule has 0 aromatic carbocycles. The van der Waals surface area contributed by atoms with Crippen LogP contribution in [0.2, 0.25) is 0 Å². The van der Waals surface area contributed by atoms with E-state index >= 15 is 0 Å². The van der Waals surface area contributed by atoms with Gasteiger partial charge in [-0.2, -0.15) is 0 Å². The van der Waals surface area contributed by atoms with Gasteiger partial charge in [-0.3, -0.25) is 9.98 Å². The molecule has 3 nitrogen and oxygen atoms in total. The number of hydrogen-bond donors (Lipinski definition) is 1. The molecular weight excluding hydrogens is 206 g/mol. The van der Waals surface area contributed by atoms with Crippen LogP contribution in [-0.2, 0) is 0 Å². The van der Waals surface area contributed by atoms with Crippen molar-refractivity contribution in [3.8, 4) is 0 Å². The van der Waals surface area contributed by atoms with E-state index in [0.29, 0.717) is 0 Å². The zero-order valence-corrected chi connectivity index (χ0v) is 10.1. The second-order valence-electron chi connectivity index (χ2n) is 4.28. The van der Waals surface area contributed by atoms with Gasteiger partial charge in [0.2, 0.25) is 0 Å². The number of hydrogen-bond acceptors (Lipinski definition) is 4. The Bertz CT molecular complexity index is 399. The predicted octanol–water partition coefficient (Wildman–Crippen LogP) is 2.68. The molecule has 15 heavy (non-hydrogen) atoms. The summed E-state index contributed by atoms with van der Waals surface area (Å²) in [6.45, 7) is 6.28. The first-order chi connectivity index (χ1) is 7.07. The van der Waals surface area contributed by atoms with Crippen LogP contribution in [0.3, 0.4) is 0 Å². The molecule has 4 heteroatoms. The molecule has 2 rings (SSSR count). The van der Waals surface area contributed by atoms with Gasteiger partial charge in [0.05, 0.1) is 16.9 Å². The Kier molecular flexibility index (Phi) is 2.69. The molecule has 0 spiro atoms. The van der Waals surface area contributed by atoms with Gasteiger partial charge in [-0.25, -0.2) is 0 Å². The number of aliphatic imine (C=N–C) groups is 1. The highest BCUT2D eigenvalue weighted by atomic mass is 32.2. The highest BCUT2D eigenvalue weighted by Crippen LogP contribution is 2.27. The smallest absolute Gasteiger partial charge is 0.161 e. The molecule has 0 fully saturated rings. The minimum atomic E-state index is 0.0586. The third-order valence-electron chi connectivity index (χ3n) is 2.21. The molecule has 1 aromatic heterocycles. The third kappa shape index (κ3) is 2.50. The highest BCUT2D eigenvalue weighted by Gasteiger charge is 2.25. The largest absolute Gasteiger partial charge is 0.333 e. The Morgan fingerprint density at radius 1 is 1.47 bits per heavy atom. The van der Waals surface area contributed by atoms with Crippen LogP contribution in [0.4, 0.5) is 5.69 Å². The lowest BCUT2D eigenvalue weighted by molar-refractivity contribution is 0.605. The SMILES string of the molecule is Cc1ncccc1NC1=NC(C)(C)CS1. The molecule has 2 heterocycles. The van der Waals surface area contributed by atoms with Gasteiger partial charge < -0.3 is 5.32 Å². The molecule has 0 amide bonds. The summed E-state index contributed by atoms with van der Waals surface area (Å²) in [4.78, 5) is 8.83. The summed E-state index contributed by atoms with van der Waals surface area (Å²) < 4.78 is 0. The van der Waals surface area contributed by atoms with Crippen molar-refractivity contribution in [1.29, 1.82) is 0 Å².